The van der Waals surface area contributed by atoms with Gasteiger partial charge in [-0.2, -0.15) is 0 Å². The van der Waals surface area contributed by atoms with Gasteiger partial charge in [0, 0.05) is 5.54 Å². The highest BCUT2D eigenvalue weighted by Crippen LogP contribution is 2.31. The number of carbonyl (C=O) groups is 1. The molecular weight excluding hydrogens is 150 g/mol. The molecule has 0 atom stereocenters. The smallest absolute Gasteiger partial charge is 0.207 e. The van der Waals surface area contributed by atoms with Crippen molar-refractivity contribution >= 4 is 6.41 Å². The topological polar surface area (TPSA) is 29.1 Å². The van der Waals surface area contributed by atoms with Gasteiger partial charge in [0.05, 0.1) is 0 Å². The molecule has 0 spiro atoms. The first-order valence-electron chi connectivity index (χ1n) is 4.88. The van der Waals surface area contributed by atoms with Crippen molar-refractivity contribution in [1.82, 2.24) is 5.32 Å². The van der Waals surface area contributed by atoms with E-state index in [4.69, 9.17) is 0 Å². The fourth-order valence-corrected chi connectivity index (χ4v) is 2.09. The summed E-state index contributed by atoms with van der Waals surface area (Å²) < 4.78 is 0. The van der Waals surface area contributed by atoms with Gasteiger partial charge in [0.1, 0.15) is 0 Å². The van der Waals surface area contributed by atoms with E-state index in [0.717, 1.165) is 6.41 Å². The highest BCUT2D eigenvalue weighted by molar-refractivity contribution is 5.47. The van der Waals surface area contributed by atoms with Crippen molar-refractivity contribution in [2.75, 3.05) is 0 Å². The lowest BCUT2D eigenvalue weighted by Crippen LogP contribution is -2.46. The molecule has 0 aromatic carbocycles. The van der Waals surface area contributed by atoms with Crippen LogP contribution in [0.3, 0.4) is 0 Å². The molecule has 1 aliphatic rings. The number of carbonyl (C=O) groups excluding carboxylic acids is 1. The van der Waals surface area contributed by atoms with Crippen LogP contribution in [0.15, 0.2) is 0 Å². The Bertz CT molecular complexity index is 148. The number of rotatable bonds is 3. The predicted octanol–water partition coefficient (Wildman–Crippen LogP) is 2.09. The van der Waals surface area contributed by atoms with E-state index in [2.05, 4.69) is 19.2 Å². The summed E-state index contributed by atoms with van der Waals surface area (Å²) in [4.78, 5) is 10.4. The Morgan fingerprint density at radius 2 is 1.83 bits per heavy atom. The van der Waals surface area contributed by atoms with Gasteiger partial charge in [-0.1, -0.05) is 19.3 Å². The van der Waals surface area contributed by atoms with Gasteiger partial charge in [-0.25, -0.2) is 0 Å². The quantitative estimate of drug-likeness (QED) is 0.644. The summed E-state index contributed by atoms with van der Waals surface area (Å²) in [6, 6.07) is 0. The Morgan fingerprint density at radius 1 is 1.25 bits per heavy atom. The van der Waals surface area contributed by atoms with Crippen LogP contribution in [0, 0.1) is 5.92 Å². The summed E-state index contributed by atoms with van der Waals surface area (Å²) in [5.74, 6) is 0.677. The predicted molar refractivity (Wildman–Crippen MR) is 49.9 cm³/mol. The minimum absolute atomic E-state index is 0.00215. The lowest BCUT2D eigenvalue weighted by molar-refractivity contribution is -0.111. The fraction of sp³-hybridized carbons (Fsp3) is 0.900. The van der Waals surface area contributed by atoms with Crippen LogP contribution in [0.2, 0.25) is 0 Å². The molecule has 0 heterocycles. The van der Waals surface area contributed by atoms with E-state index >= 15 is 0 Å². The molecule has 1 saturated carbocycles. The maximum atomic E-state index is 10.4. The molecule has 0 aromatic heterocycles. The van der Waals surface area contributed by atoms with Crippen molar-refractivity contribution in [1.29, 1.82) is 0 Å². The first-order chi connectivity index (χ1) is 5.67. The Morgan fingerprint density at radius 3 is 2.33 bits per heavy atom. The van der Waals surface area contributed by atoms with Gasteiger partial charge in [-0.05, 0) is 32.6 Å². The lowest BCUT2D eigenvalue weighted by atomic mass is 9.77. The van der Waals surface area contributed by atoms with Crippen molar-refractivity contribution in [2.45, 2.75) is 51.5 Å². The largest absolute Gasteiger partial charge is 0.354 e. The molecule has 0 saturated heterocycles. The van der Waals surface area contributed by atoms with Crippen LogP contribution >= 0.6 is 0 Å². The molecule has 0 unspecified atom stereocenters. The standard InChI is InChI=1S/C10H19NO/c1-10(2,11-8-12)9-6-4-3-5-7-9/h8-9H,3-7H2,1-2H3,(H,11,12). The van der Waals surface area contributed by atoms with Crippen LogP contribution in [0.1, 0.15) is 46.0 Å². The van der Waals surface area contributed by atoms with Gasteiger partial charge in [-0.3, -0.25) is 4.79 Å². The maximum Gasteiger partial charge on any atom is 0.207 e. The minimum atomic E-state index is 0.00215. The van der Waals surface area contributed by atoms with E-state index in [-0.39, 0.29) is 5.54 Å². The fourth-order valence-electron chi connectivity index (χ4n) is 2.09. The van der Waals surface area contributed by atoms with E-state index in [1.807, 2.05) is 0 Å². The summed E-state index contributed by atoms with van der Waals surface area (Å²) in [6.45, 7) is 4.24. The molecule has 2 nitrogen and oxygen atoms in total. The highest BCUT2D eigenvalue weighted by Gasteiger charge is 2.29. The van der Waals surface area contributed by atoms with Gasteiger partial charge >= 0.3 is 0 Å². The number of amides is 1. The molecule has 1 N–H and O–H groups in total. The van der Waals surface area contributed by atoms with Crippen LogP contribution < -0.4 is 5.32 Å². The molecule has 12 heavy (non-hydrogen) atoms. The van der Waals surface area contributed by atoms with E-state index < -0.39 is 0 Å². The van der Waals surface area contributed by atoms with Crippen molar-refractivity contribution in [3.63, 3.8) is 0 Å². The number of hydrogen-bond acceptors (Lipinski definition) is 1. The summed E-state index contributed by atoms with van der Waals surface area (Å²) in [6.07, 6.45) is 7.40. The second kappa shape index (κ2) is 3.92. The number of nitrogens with one attached hydrogen (secondary N) is 1. The zero-order valence-corrected chi connectivity index (χ0v) is 8.10. The van der Waals surface area contributed by atoms with Gasteiger partial charge in [0.15, 0.2) is 0 Å². The Kier molecular flexibility index (Phi) is 3.12. The average molecular weight is 169 g/mol. The van der Waals surface area contributed by atoms with Crippen molar-refractivity contribution in [3.8, 4) is 0 Å². The maximum absolute atomic E-state index is 10.4. The molecule has 0 aliphatic heterocycles. The summed E-state index contributed by atoms with van der Waals surface area (Å²) in [7, 11) is 0. The van der Waals surface area contributed by atoms with Crippen LogP contribution in [0.5, 0.6) is 0 Å². The molecule has 1 rings (SSSR count). The van der Waals surface area contributed by atoms with Gasteiger partial charge < -0.3 is 5.32 Å². The number of hydrogen-bond donors (Lipinski definition) is 1. The summed E-state index contributed by atoms with van der Waals surface area (Å²) in [5, 5.41) is 2.91. The highest BCUT2D eigenvalue weighted by atomic mass is 16.1. The molecule has 1 aliphatic carbocycles. The Balaban J connectivity index is 2.47. The zero-order valence-electron chi connectivity index (χ0n) is 8.10. The molecule has 0 aromatic rings. The van der Waals surface area contributed by atoms with Crippen LogP contribution in [-0.2, 0) is 4.79 Å². The molecule has 2 heteroatoms. The average Bonchev–Trinajstić information content (AvgIpc) is 2.06. The molecule has 0 bridgehead atoms. The van der Waals surface area contributed by atoms with Crippen LogP contribution in [0.25, 0.3) is 0 Å². The van der Waals surface area contributed by atoms with Gasteiger partial charge in [-0.15, -0.1) is 0 Å². The third-order valence-corrected chi connectivity index (χ3v) is 3.06. The normalized spacial score (nSPS) is 20.5. The monoisotopic (exact) mass is 169 g/mol. The molecule has 70 valence electrons. The van der Waals surface area contributed by atoms with Gasteiger partial charge in [0.2, 0.25) is 6.41 Å². The third-order valence-electron chi connectivity index (χ3n) is 3.06. The molecule has 1 fully saturated rings. The van der Waals surface area contributed by atoms with E-state index in [1.165, 1.54) is 32.1 Å². The Labute approximate surface area is 74.7 Å². The first-order valence-corrected chi connectivity index (χ1v) is 4.88. The zero-order chi connectivity index (χ0) is 9.03. The van der Waals surface area contributed by atoms with Crippen molar-refractivity contribution in [3.05, 3.63) is 0 Å². The van der Waals surface area contributed by atoms with Crippen molar-refractivity contribution < 1.29 is 4.79 Å². The van der Waals surface area contributed by atoms with Crippen LogP contribution in [-0.4, -0.2) is 11.9 Å². The van der Waals surface area contributed by atoms with Crippen molar-refractivity contribution in [2.24, 2.45) is 5.92 Å². The van der Waals surface area contributed by atoms with E-state index in [9.17, 15) is 4.79 Å². The molecule has 1 amide bonds. The molecular formula is C10H19NO. The summed E-state index contributed by atoms with van der Waals surface area (Å²) in [5.41, 5.74) is 0.00215. The third kappa shape index (κ3) is 2.23. The van der Waals surface area contributed by atoms with E-state index in [1.54, 1.807) is 0 Å². The second-order valence-electron chi connectivity index (χ2n) is 4.32. The SMILES string of the molecule is CC(C)(NC=O)C1CCCCC1. The molecule has 0 radical (unpaired) electrons. The van der Waals surface area contributed by atoms with Gasteiger partial charge in [0.25, 0.3) is 0 Å². The van der Waals surface area contributed by atoms with E-state index in [0.29, 0.717) is 5.92 Å². The first kappa shape index (κ1) is 9.56. The summed E-state index contributed by atoms with van der Waals surface area (Å²) >= 11 is 0. The lowest BCUT2D eigenvalue weighted by Gasteiger charge is -2.36. The second-order valence-corrected chi connectivity index (χ2v) is 4.32. The van der Waals surface area contributed by atoms with Crippen LogP contribution in [0.4, 0.5) is 0 Å². The minimum Gasteiger partial charge on any atom is -0.354 e. The Hall–Kier alpha value is -0.530.